The Morgan fingerprint density at radius 1 is 1.59 bits per heavy atom. The van der Waals surface area contributed by atoms with Gasteiger partial charge in [-0.2, -0.15) is 0 Å². The topological polar surface area (TPSA) is 91.5 Å². The minimum atomic E-state index is -0.200. The van der Waals surface area contributed by atoms with E-state index in [2.05, 4.69) is 15.5 Å². The van der Waals surface area contributed by atoms with E-state index in [1.807, 2.05) is 4.90 Å². The van der Waals surface area contributed by atoms with Crippen molar-refractivity contribution in [2.75, 3.05) is 25.0 Å². The lowest BCUT2D eigenvalue weighted by Crippen LogP contribution is -2.36. The fourth-order valence-electron chi connectivity index (χ4n) is 1.65. The molecule has 1 aliphatic carbocycles. The van der Waals surface area contributed by atoms with Crippen LogP contribution in [0.15, 0.2) is 4.42 Å². The summed E-state index contributed by atoms with van der Waals surface area (Å²) in [4.78, 5) is 13.6. The molecular formula is C10H16N4O3. The van der Waals surface area contributed by atoms with E-state index in [1.165, 1.54) is 0 Å². The van der Waals surface area contributed by atoms with Crippen molar-refractivity contribution in [1.82, 2.24) is 15.1 Å². The molecule has 0 aromatic carbocycles. The summed E-state index contributed by atoms with van der Waals surface area (Å²) in [7, 11) is 0. The van der Waals surface area contributed by atoms with Crippen molar-refractivity contribution in [1.29, 1.82) is 0 Å². The number of aryl methyl sites for hydroxylation is 1. The van der Waals surface area contributed by atoms with E-state index < -0.39 is 0 Å². The highest BCUT2D eigenvalue weighted by Gasteiger charge is 2.29. The number of nitrogens with zero attached hydrogens (tertiary/aromatic N) is 3. The van der Waals surface area contributed by atoms with Crippen LogP contribution in [0.5, 0.6) is 0 Å². The van der Waals surface area contributed by atoms with E-state index in [9.17, 15) is 4.79 Å². The summed E-state index contributed by atoms with van der Waals surface area (Å²) < 4.78 is 5.05. The monoisotopic (exact) mass is 240 g/mol. The van der Waals surface area contributed by atoms with Gasteiger partial charge in [-0.3, -0.25) is 15.0 Å². The number of carbonyl (C=O) groups excluding carboxylic acids is 1. The van der Waals surface area contributed by atoms with E-state index in [1.54, 1.807) is 6.92 Å². The minimum absolute atomic E-state index is 0.0590. The van der Waals surface area contributed by atoms with Crippen molar-refractivity contribution in [2.24, 2.45) is 0 Å². The Bertz CT molecular complexity index is 389. The predicted octanol–water partition coefficient (Wildman–Crippen LogP) is -0.227. The second-order valence-electron chi connectivity index (χ2n) is 4.10. The molecule has 1 aromatic heterocycles. The maximum absolute atomic E-state index is 11.7. The molecule has 1 saturated carbocycles. The molecule has 2 rings (SSSR count). The first kappa shape index (κ1) is 12.0. The Hall–Kier alpha value is -1.47. The number of aromatic nitrogens is 2. The molecule has 1 amide bonds. The molecule has 17 heavy (non-hydrogen) atoms. The molecule has 0 bridgehead atoms. The van der Waals surface area contributed by atoms with Crippen LogP contribution >= 0.6 is 0 Å². The summed E-state index contributed by atoms with van der Waals surface area (Å²) in [5, 5.41) is 18.7. The Labute approximate surface area is 98.8 Å². The van der Waals surface area contributed by atoms with Gasteiger partial charge >= 0.3 is 6.01 Å². The van der Waals surface area contributed by atoms with Crippen LogP contribution in [0.25, 0.3) is 0 Å². The average Bonchev–Trinajstić information content (AvgIpc) is 3.03. The number of nitrogens with one attached hydrogen (secondary N) is 1. The lowest BCUT2D eigenvalue weighted by atomic mass is 10.4. The number of aliphatic hydroxyl groups is 1. The molecule has 7 nitrogen and oxygen atoms in total. The largest absolute Gasteiger partial charge is 0.408 e. The van der Waals surface area contributed by atoms with E-state index in [4.69, 9.17) is 9.52 Å². The molecule has 1 aromatic rings. The third kappa shape index (κ3) is 3.50. The zero-order chi connectivity index (χ0) is 12.3. The Morgan fingerprint density at radius 2 is 2.35 bits per heavy atom. The van der Waals surface area contributed by atoms with Crippen LogP contribution < -0.4 is 5.32 Å². The van der Waals surface area contributed by atoms with Crippen LogP contribution in [0.2, 0.25) is 0 Å². The number of amides is 1. The van der Waals surface area contributed by atoms with Crippen LogP contribution in [0, 0.1) is 6.92 Å². The van der Waals surface area contributed by atoms with E-state index >= 15 is 0 Å². The molecule has 0 unspecified atom stereocenters. The Morgan fingerprint density at radius 3 is 2.88 bits per heavy atom. The number of aliphatic hydroxyl groups excluding tert-OH is 1. The SMILES string of the molecule is Cc1nnc(NC(=O)CN(CCO)C2CC2)o1. The first-order chi connectivity index (χ1) is 8.19. The normalized spacial score (nSPS) is 15.2. The molecule has 2 N–H and O–H groups in total. The first-order valence-electron chi connectivity index (χ1n) is 5.64. The van der Waals surface area contributed by atoms with Crippen molar-refractivity contribution >= 4 is 11.9 Å². The van der Waals surface area contributed by atoms with Gasteiger partial charge in [-0.1, -0.05) is 5.10 Å². The van der Waals surface area contributed by atoms with Gasteiger partial charge in [0.05, 0.1) is 13.2 Å². The lowest BCUT2D eigenvalue weighted by Gasteiger charge is -2.19. The van der Waals surface area contributed by atoms with Crippen LogP contribution in [0.3, 0.4) is 0 Å². The minimum Gasteiger partial charge on any atom is -0.408 e. The van der Waals surface area contributed by atoms with Crippen molar-refractivity contribution in [3.8, 4) is 0 Å². The van der Waals surface area contributed by atoms with E-state index in [0.29, 0.717) is 18.5 Å². The number of hydrogen-bond donors (Lipinski definition) is 2. The van der Waals surface area contributed by atoms with Gasteiger partial charge < -0.3 is 9.52 Å². The van der Waals surface area contributed by atoms with Crippen molar-refractivity contribution in [2.45, 2.75) is 25.8 Å². The fraction of sp³-hybridized carbons (Fsp3) is 0.700. The second-order valence-corrected chi connectivity index (χ2v) is 4.10. The maximum Gasteiger partial charge on any atom is 0.322 e. The van der Waals surface area contributed by atoms with Crippen molar-refractivity contribution < 1.29 is 14.3 Å². The van der Waals surface area contributed by atoms with Crippen molar-refractivity contribution in [3.05, 3.63) is 5.89 Å². The van der Waals surface area contributed by atoms with Gasteiger partial charge in [0.1, 0.15) is 0 Å². The van der Waals surface area contributed by atoms with Gasteiger partial charge in [0.25, 0.3) is 0 Å². The standard InChI is InChI=1S/C10H16N4O3/c1-7-12-13-10(17-7)11-9(16)6-14(4-5-15)8-2-3-8/h8,15H,2-6H2,1H3,(H,11,13,16). The van der Waals surface area contributed by atoms with Gasteiger partial charge in [-0.05, 0) is 12.8 Å². The van der Waals surface area contributed by atoms with E-state index in [-0.39, 0.29) is 25.1 Å². The van der Waals surface area contributed by atoms with Gasteiger partial charge in [0.2, 0.25) is 11.8 Å². The zero-order valence-electron chi connectivity index (χ0n) is 9.72. The molecular weight excluding hydrogens is 224 g/mol. The highest BCUT2D eigenvalue weighted by Crippen LogP contribution is 2.26. The number of anilines is 1. The van der Waals surface area contributed by atoms with E-state index in [0.717, 1.165) is 12.8 Å². The number of carbonyl (C=O) groups is 1. The molecule has 0 aliphatic heterocycles. The molecule has 1 heterocycles. The van der Waals surface area contributed by atoms with Gasteiger partial charge in [0.15, 0.2) is 0 Å². The van der Waals surface area contributed by atoms with Crippen LogP contribution in [0.4, 0.5) is 6.01 Å². The first-order valence-corrected chi connectivity index (χ1v) is 5.64. The van der Waals surface area contributed by atoms with Gasteiger partial charge in [0, 0.05) is 19.5 Å². The highest BCUT2D eigenvalue weighted by molar-refractivity contribution is 5.90. The van der Waals surface area contributed by atoms with Crippen LogP contribution in [0.1, 0.15) is 18.7 Å². The third-order valence-electron chi connectivity index (χ3n) is 2.57. The summed E-state index contributed by atoms with van der Waals surface area (Å²) >= 11 is 0. The molecule has 0 atom stereocenters. The summed E-state index contributed by atoms with van der Waals surface area (Å²) in [6.07, 6.45) is 2.18. The number of hydrogen-bond acceptors (Lipinski definition) is 6. The Balaban J connectivity index is 1.83. The quantitative estimate of drug-likeness (QED) is 0.714. The molecule has 0 radical (unpaired) electrons. The molecule has 94 valence electrons. The summed E-state index contributed by atoms with van der Waals surface area (Å²) in [5.74, 6) is 0.212. The average molecular weight is 240 g/mol. The van der Waals surface area contributed by atoms with Gasteiger partial charge in [-0.15, -0.1) is 5.10 Å². The summed E-state index contributed by atoms with van der Waals surface area (Å²) in [6.45, 7) is 2.47. The summed E-state index contributed by atoms with van der Waals surface area (Å²) in [5.41, 5.74) is 0. The lowest BCUT2D eigenvalue weighted by molar-refractivity contribution is -0.117. The van der Waals surface area contributed by atoms with Gasteiger partial charge in [-0.25, -0.2) is 0 Å². The predicted molar refractivity (Wildman–Crippen MR) is 59.3 cm³/mol. The highest BCUT2D eigenvalue weighted by atomic mass is 16.4. The maximum atomic E-state index is 11.7. The third-order valence-corrected chi connectivity index (χ3v) is 2.57. The molecule has 1 fully saturated rings. The summed E-state index contributed by atoms with van der Waals surface area (Å²) in [6, 6.07) is 0.546. The Kier molecular flexibility index (Phi) is 3.70. The molecule has 1 aliphatic rings. The zero-order valence-corrected chi connectivity index (χ0v) is 9.72. The van der Waals surface area contributed by atoms with Crippen LogP contribution in [-0.2, 0) is 4.79 Å². The second kappa shape index (κ2) is 5.24. The molecule has 0 saturated heterocycles. The van der Waals surface area contributed by atoms with Crippen LogP contribution in [-0.4, -0.2) is 51.8 Å². The molecule has 0 spiro atoms. The number of rotatable bonds is 6. The molecule has 7 heteroatoms. The smallest absolute Gasteiger partial charge is 0.322 e. The fourth-order valence-corrected chi connectivity index (χ4v) is 1.65. The van der Waals surface area contributed by atoms with Crippen molar-refractivity contribution in [3.63, 3.8) is 0 Å².